The summed E-state index contributed by atoms with van der Waals surface area (Å²) in [5.74, 6) is -0.126. The molecule has 4 nitrogen and oxygen atoms in total. The number of halogens is 1. The maximum Gasteiger partial charge on any atom is 0.221 e. The summed E-state index contributed by atoms with van der Waals surface area (Å²) < 4.78 is 0. The second-order valence-electron chi connectivity index (χ2n) is 4.24. The summed E-state index contributed by atoms with van der Waals surface area (Å²) in [5, 5.41) is 5.91. The molecule has 0 aromatic heterocycles. The Morgan fingerprint density at radius 1 is 0.810 bits per heavy atom. The van der Waals surface area contributed by atoms with E-state index in [1.165, 1.54) is 13.8 Å². The first kappa shape index (κ1) is 16.7. The van der Waals surface area contributed by atoms with Crippen molar-refractivity contribution in [1.29, 1.82) is 0 Å². The van der Waals surface area contributed by atoms with Crippen molar-refractivity contribution >= 4 is 34.8 Å². The molecule has 0 aliphatic carbocycles. The lowest BCUT2D eigenvalue weighted by Gasteiger charge is -2.00. The van der Waals surface area contributed by atoms with E-state index in [2.05, 4.69) is 10.6 Å². The smallest absolute Gasteiger partial charge is 0.221 e. The minimum atomic E-state index is -0.0905. The number of carbonyl (C=O) groups excluding carboxylic acids is 2. The summed E-state index contributed by atoms with van der Waals surface area (Å²) in [6.45, 7) is 2.95. The van der Waals surface area contributed by atoms with Crippen molar-refractivity contribution in [2.24, 2.45) is 0 Å². The van der Waals surface area contributed by atoms with Crippen LogP contribution in [0.3, 0.4) is 0 Å². The van der Waals surface area contributed by atoms with Gasteiger partial charge in [-0.3, -0.25) is 9.59 Å². The molecule has 0 atom stereocenters. The van der Waals surface area contributed by atoms with Crippen LogP contribution < -0.4 is 10.6 Å². The molecule has 110 valence electrons. The molecule has 0 saturated heterocycles. The average Bonchev–Trinajstić information content (AvgIpc) is 2.39. The third kappa shape index (κ3) is 7.74. The van der Waals surface area contributed by atoms with Crippen LogP contribution in [-0.2, 0) is 9.59 Å². The average molecular weight is 305 g/mol. The molecule has 2 amide bonds. The minimum Gasteiger partial charge on any atom is -0.326 e. The largest absolute Gasteiger partial charge is 0.326 e. The molecule has 2 rings (SSSR count). The second-order valence-corrected chi connectivity index (χ2v) is 4.68. The fourth-order valence-electron chi connectivity index (χ4n) is 1.49. The normalized spacial score (nSPS) is 9.10. The van der Waals surface area contributed by atoms with Gasteiger partial charge in [0.15, 0.2) is 0 Å². The van der Waals surface area contributed by atoms with E-state index in [1.54, 1.807) is 24.3 Å². The predicted octanol–water partition coefficient (Wildman–Crippen LogP) is 3.94. The number of carbonyl (C=O) groups is 2. The zero-order valence-electron chi connectivity index (χ0n) is 11.9. The van der Waals surface area contributed by atoms with E-state index < -0.39 is 0 Å². The number of nitrogens with one attached hydrogen (secondary N) is 2. The number of benzene rings is 2. The first-order chi connectivity index (χ1) is 9.97. The van der Waals surface area contributed by atoms with Gasteiger partial charge in [-0.15, -0.1) is 0 Å². The van der Waals surface area contributed by atoms with Gasteiger partial charge in [0.1, 0.15) is 0 Å². The molecule has 2 aromatic rings. The molecular formula is C16H17ClN2O2. The lowest BCUT2D eigenvalue weighted by atomic mass is 10.3. The van der Waals surface area contributed by atoms with Crippen molar-refractivity contribution in [3.05, 3.63) is 59.6 Å². The van der Waals surface area contributed by atoms with E-state index in [4.69, 9.17) is 11.6 Å². The van der Waals surface area contributed by atoms with E-state index in [1.807, 2.05) is 30.3 Å². The Hall–Kier alpha value is -2.33. The molecule has 2 aromatic carbocycles. The monoisotopic (exact) mass is 304 g/mol. The van der Waals surface area contributed by atoms with Crippen LogP contribution in [0.4, 0.5) is 11.4 Å². The minimum absolute atomic E-state index is 0.0359. The summed E-state index contributed by atoms with van der Waals surface area (Å²) in [6.07, 6.45) is 0. The molecule has 0 fully saturated rings. The van der Waals surface area contributed by atoms with Crippen LogP contribution in [0.5, 0.6) is 0 Å². The highest BCUT2D eigenvalue weighted by atomic mass is 35.5. The Bertz CT molecular complexity index is 600. The number of rotatable bonds is 2. The van der Waals surface area contributed by atoms with Gasteiger partial charge in [0, 0.05) is 30.2 Å². The highest BCUT2D eigenvalue weighted by Gasteiger charge is 1.94. The van der Waals surface area contributed by atoms with Crippen molar-refractivity contribution in [2.75, 3.05) is 10.6 Å². The van der Waals surface area contributed by atoms with Crippen molar-refractivity contribution in [2.45, 2.75) is 13.8 Å². The zero-order chi connectivity index (χ0) is 15.7. The first-order valence-electron chi connectivity index (χ1n) is 6.33. The molecule has 0 saturated carbocycles. The SMILES string of the molecule is CC(=O)Nc1cccc(Cl)c1.CC(=O)Nc1ccccc1. The van der Waals surface area contributed by atoms with Gasteiger partial charge in [0.25, 0.3) is 0 Å². The quantitative estimate of drug-likeness (QED) is 0.882. The molecule has 0 aliphatic heterocycles. The molecule has 0 bridgehead atoms. The number of anilines is 2. The molecule has 0 heterocycles. The van der Waals surface area contributed by atoms with E-state index in [0.29, 0.717) is 5.02 Å². The van der Waals surface area contributed by atoms with Gasteiger partial charge in [-0.1, -0.05) is 35.9 Å². The van der Waals surface area contributed by atoms with Crippen LogP contribution in [0.25, 0.3) is 0 Å². The fraction of sp³-hybridized carbons (Fsp3) is 0.125. The van der Waals surface area contributed by atoms with Crippen LogP contribution in [0, 0.1) is 0 Å². The highest BCUT2D eigenvalue weighted by Crippen LogP contribution is 2.14. The molecule has 5 heteroatoms. The number of hydrogen-bond acceptors (Lipinski definition) is 2. The fourth-order valence-corrected chi connectivity index (χ4v) is 1.68. The first-order valence-corrected chi connectivity index (χ1v) is 6.71. The summed E-state index contributed by atoms with van der Waals surface area (Å²) in [5.41, 5.74) is 1.57. The van der Waals surface area contributed by atoms with E-state index in [9.17, 15) is 9.59 Å². The van der Waals surface area contributed by atoms with E-state index in [-0.39, 0.29) is 11.8 Å². The number of hydrogen-bond donors (Lipinski definition) is 2. The maximum atomic E-state index is 10.6. The maximum absolute atomic E-state index is 10.6. The highest BCUT2D eigenvalue weighted by molar-refractivity contribution is 6.30. The van der Waals surface area contributed by atoms with Crippen LogP contribution in [0.2, 0.25) is 5.02 Å². The predicted molar refractivity (Wildman–Crippen MR) is 86.5 cm³/mol. The Balaban J connectivity index is 0.000000211. The van der Waals surface area contributed by atoms with Crippen molar-refractivity contribution in [3.63, 3.8) is 0 Å². The van der Waals surface area contributed by atoms with E-state index in [0.717, 1.165) is 11.4 Å². The standard InChI is InChI=1S/C8H8ClNO.C8H9NO/c1-6(11)10-8-4-2-3-7(9)5-8;1-7(10)9-8-5-3-2-4-6-8/h2-5H,1H3,(H,10,11);2-6H,1H3,(H,9,10). The molecule has 0 unspecified atom stereocenters. The van der Waals surface area contributed by atoms with Crippen molar-refractivity contribution in [3.8, 4) is 0 Å². The molecular weight excluding hydrogens is 288 g/mol. The number of para-hydroxylation sites is 1. The topological polar surface area (TPSA) is 58.2 Å². The second kappa shape index (κ2) is 8.76. The van der Waals surface area contributed by atoms with Crippen molar-refractivity contribution in [1.82, 2.24) is 0 Å². The van der Waals surface area contributed by atoms with Gasteiger partial charge in [0.05, 0.1) is 0 Å². The zero-order valence-corrected chi connectivity index (χ0v) is 12.6. The Kier molecular flexibility index (Phi) is 6.98. The molecule has 0 spiro atoms. The Morgan fingerprint density at radius 3 is 1.86 bits per heavy atom. The lowest BCUT2D eigenvalue weighted by Crippen LogP contribution is -2.05. The van der Waals surface area contributed by atoms with Gasteiger partial charge in [-0.25, -0.2) is 0 Å². The third-order valence-corrected chi connectivity index (χ3v) is 2.47. The summed E-state index contributed by atoms with van der Waals surface area (Å²) in [4.78, 5) is 21.1. The molecule has 2 N–H and O–H groups in total. The van der Waals surface area contributed by atoms with Crippen LogP contribution in [0.1, 0.15) is 13.8 Å². The van der Waals surface area contributed by atoms with E-state index >= 15 is 0 Å². The number of amides is 2. The molecule has 0 radical (unpaired) electrons. The van der Waals surface area contributed by atoms with Crippen LogP contribution in [-0.4, -0.2) is 11.8 Å². The summed E-state index contributed by atoms with van der Waals surface area (Å²) in [7, 11) is 0. The Morgan fingerprint density at radius 2 is 1.33 bits per heavy atom. The summed E-state index contributed by atoms with van der Waals surface area (Å²) in [6, 6.07) is 16.4. The van der Waals surface area contributed by atoms with Gasteiger partial charge >= 0.3 is 0 Å². The van der Waals surface area contributed by atoms with Gasteiger partial charge in [-0.2, -0.15) is 0 Å². The lowest BCUT2D eigenvalue weighted by molar-refractivity contribution is -0.115. The molecule has 21 heavy (non-hydrogen) atoms. The van der Waals surface area contributed by atoms with Gasteiger partial charge in [0.2, 0.25) is 11.8 Å². The summed E-state index contributed by atoms with van der Waals surface area (Å²) >= 11 is 5.68. The third-order valence-electron chi connectivity index (χ3n) is 2.24. The van der Waals surface area contributed by atoms with Gasteiger partial charge < -0.3 is 10.6 Å². The van der Waals surface area contributed by atoms with Gasteiger partial charge in [-0.05, 0) is 30.3 Å². The van der Waals surface area contributed by atoms with Crippen LogP contribution in [0.15, 0.2) is 54.6 Å². The van der Waals surface area contributed by atoms with Crippen LogP contribution >= 0.6 is 11.6 Å². The molecule has 0 aliphatic rings. The van der Waals surface area contributed by atoms with Crippen molar-refractivity contribution < 1.29 is 9.59 Å². The Labute approximate surface area is 129 Å².